The van der Waals surface area contributed by atoms with Gasteiger partial charge < -0.3 is 35.0 Å². The summed E-state index contributed by atoms with van der Waals surface area (Å²) < 4.78 is 9.36. The molecule has 0 rings (SSSR count). The predicted molar refractivity (Wildman–Crippen MR) is 114 cm³/mol. The van der Waals surface area contributed by atoms with Crippen LogP contribution < -0.4 is 0 Å². The molecule has 29 heavy (non-hydrogen) atoms. The summed E-state index contributed by atoms with van der Waals surface area (Å²) in [7, 11) is 0. The van der Waals surface area contributed by atoms with E-state index in [1.807, 2.05) is 27.7 Å². The summed E-state index contributed by atoms with van der Waals surface area (Å²) in [6, 6.07) is 0. The number of aliphatic carboxylic acids is 1. The predicted octanol–water partition coefficient (Wildman–Crippen LogP) is 1.39. The van der Waals surface area contributed by atoms with Crippen molar-refractivity contribution in [2.75, 3.05) is 33.0 Å². The van der Waals surface area contributed by atoms with E-state index < -0.39 is 24.1 Å². The maximum Gasteiger partial charge on any atom is 0.338 e. The molecule has 0 spiro atoms. The van der Waals surface area contributed by atoms with Gasteiger partial charge in [-0.15, -0.1) is 13.2 Å². The number of carboxylic acid groups (broad SMARTS) is 1. The molecule has 9 heteroatoms. The van der Waals surface area contributed by atoms with Gasteiger partial charge in [-0.3, -0.25) is 0 Å². The lowest BCUT2D eigenvalue weighted by molar-refractivity contribution is -0.170. The van der Waals surface area contributed by atoms with E-state index in [9.17, 15) is 9.59 Å². The number of hydrogen-bond acceptors (Lipinski definition) is 8. The van der Waals surface area contributed by atoms with Gasteiger partial charge in [0, 0.05) is 13.2 Å². The Kier molecular flexibility index (Phi) is 44.1. The second-order valence-electron chi connectivity index (χ2n) is 5.30. The molecule has 2 unspecified atom stereocenters. The number of ether oxygens (including phenoxy) is 2. The van der Waals surface area contributed by atoms with Crippen LogP contribution in [0.2, 0.25) is 0 Å². The summed E-state index contributed by atoms with van der Waals surface area (Å²) in [6.45, 7) is 19.6. The first-order valence-electron chi connectivity index (χ1n) is 9.21. The highest BCUT2D eigenvalue weighted by molar-refractivity contribution is 5.84. The van der Waals surface area contributed by atoms with E-state index in [1.165, 1.54) is 0 Å². The van der Waals surface area contributed by atoms with Crippen LogP contribution >= 0.6 is 0 Å². The molecule has 0 aliphatic rings. The lowest BCUT2D eigenvalue weighted by Crippen LogP contribution is -2.40. The van der Waals surface area contributed by atoms with Crippen LogP contribution in [0.25, 0.3) is 0 Å². The lowest BCUT2D eigenvalue weighted by Gasteiger charge is -2.14. The quantitative estimate of drug-likeness (QED) is 0.286. The third kappa shape index (κ3) is 46.3. The smallest absolute Gasteiger partial charge is 0.338 e. The molecule has 9 nitrogen and oxygen atoms in total. The fraction of sp³-hybridized carbons (Fsp3) is 0.700. The molecule has 0 aromatic rings. The van der Waals surface area contributed by atoms with Gasteiger partial charge in [-0.25, -0.2) is 9.59 Å². The fourth-order valence-electron chi connectivity index (χ4n) is 0.802. The summed E-state index contributed by atoms with van der Waals surface area (Å²) in [5, 5.41) is 41.3. The zero-order valence-electron chi connectivity index (χ0n) is 18.7. The molecule has 0 fully saturated rings. The number of allylic oxidation sites excluding steroid dienone is 2. The number of aliphatic hydroxyl groups is 4. The molecule has 0 bridgehead atoms. The minimum atomic E-state index is -2.14. The Morgan fingerprint density at radius 1 is 0.931 bits per heavy atom. The van der Waals surface area contributed by atoms with Gasteiger partial charge in [0.15, 0.2) is 12.2 Å². The summed E-state index contributed by atoms with van der Waals surface area (Å²) in [4.78, 5) is 21.1. The minimum absolute atomic E-state index is 0.0717. The Balaban J connectivity index is -0.000000105. The number of aliphatic hydroxyl groups excluding tert-OH is 4. The third-order valence-corrected chi connectivity index (χ3v) is 1.86. The van der Waals surface area contributed by atoms with Gasteiger partial charge in [-0.1, -0.05) is 26.0 Å². The van der Waals surface area contributed by atoms with Crippen molar-refractivity contribution in [3.05, 3.63) is 25.3 Å². The highest BCUT2D eigenvalue weighted by Crippen LogP contribution is 2.00. The summed E-state index contributed by atoms with van der Waals surface area (Å²) in [6.07, 6.45) is -0.680. The number of carbonyl (C=O) groups excluding carboxylic acids is 1. The molecule has 0 radical (unpaired) electrons. The minimum Gasteiger partial charge on any atom is -0.479 e. The van der Waals surface area contributed by atoms with Crippen LogP contribution in [0.3, 0.4) is 0 Å². The molecule has 0 saturated carbocycles. The maximum atomic E-state index is 10.9. The molecule has 0 aliphatic carbocycles. The van der Waals surface area contributed by atoms with Gasteiger partial charge in [0.05, 0.1) is 19.8 Å². The fourth-order valence-corrected chi connectivity index (χ4v) is 0.802. The van der Waals surface area contributed by atoms with Gasteiger partial charge in [0.25, 0.3) is 0 Å². The average Bonchev–Trinajstić information content (AvgIpc) is 2.67. The van der Waals surface area contributed by atoms with Crippen LogP contribution in [0, 0.1) is 5.92 Å². The summed E-state index contributed by atoms with van der Waals surface area (Å²) in [5.41, 5.74) is 0. The molecule has 0 amide bonds. The summed E-state index contributed by atoms with van der Waals surface area (Å²) in [5.74, 6) is -2.72. The zero-order chi connectivity index (χ0) is 24.3. The van der Waals surface area contributed by atoms with Gasteiger partial charge in [0.2, 0.25) is 0 Å². The first-order chi connectivity index (χ1) is 13.5. The highest BCUT2D eigenvalue weighted by atomic mass is 16.6. The SMILES string of the molecule is C=CC.C=CC.CC(C)COC(=O)C(O)C(O)C(=O)O.CCOCC.OCCO. The second-order valence-corrected chi connectivity index (χ2v) is 5.30. The monoisotopic (exact) mass is 426 g/mol. The first kappa shape index (κ1) is 37.9. The zero-order valence-corrected chi connectivity index (χ0v) is 18.7. The van der Waals surface area contributed by atoms with Crippen LogP contribution in [-0.2, 0) is 19.1 Å². The van der Waals surface area contributed by atoms with Crippen molar-refractivity contribution in [1.29, 1.82) is 0 Å². The van der Waals surface area contributed by atoms with Gasteiger partial charge >= 0.3 is 11.9 Å². The van der Waals surface area contributed by atoms with E-state index in [4.69, 9.17) is 30.3 Å². The third-order valence-electron chi connectivity index (χ3n) is 1.86. The van der Waals surface area contributed by atoms with Crippen molar-refractivity contribution < 1.29 is 44.6 Å². The van der Waals surface area contributed by atoms with Crippen molar-refractivity contribution in [3.8, 4) is 0 Å². The molecule has 0 saturated heterocycles. The molecule has 2 atom stereocenters. The van der Waals surface area contributed by atoms with Crippen LogP contribution in [-0.4, -0.2) is 82.7 Å². The van der Waals surface area contributed by atoms with E-state index in [-0.39, 0.29) is 25.7 Å². The Morgan fingerprint density at radius 2 is 1.28 bits per heavy atom. The number of carboxylic acids is 1. The molecular formula is C20H42O9. The normalized spacial score (nSPS) is 10.6. The van der Waals surface area contributed by atoms with Crippen LogP contribution in [0.15, 0.2) is 25.3 Å². The van der Waals surface area contributed by atoms with Gasteiger partial charge in [-0.05, 0) is 33.6 Å². The standard InChI is InChI=1S/C8H14O6.C4H10O.2C3H6.C2H6O2/c1-4(2)3-14-8(13)6(10)5(9)7(11)12;1-3-5-4-2;2*1-3-2;3-1-2-4/h4-6,9-10H,3H2,1-2H3,(H,11,12);3-4H2,1-2H3;2*3H,1H2,2H3;3-4H,1-2H2. The van der Waals surface area contributed by atoms with E-state index >= 15 is 0 Å². The molecule has 0 heterocycles. The van der Waals surface area contributed by atoms with Crippen molar-refractivity contribution in [3.63, 3.8) is 0 Å². The lowest BCUT2D eigenvalue weighted by atomic mass is 10.2. The Morgan fingerprint density at radius 3 is 1.45 bits per heavy atom. The van der Waals surface area contributed by atoms with Gasteiger partial charge in [-0.2, -0.15) is 0 Å². The number of hydrogen-bond donors (Lipinski definition) is 5. The topological polar surface area (TPSA) is 154 Å². The second kappa shape index (κ2) is 33.8. The molecule has 0 aliphatic heterocycles. The van der Waals surface area contributed by atoms with Crippen molar-refractivity contribution in [1.82, 2.24) is 0 Å². The van der Waals surface area contributed by atoms with Gasteiger partial charge in [0.1, 0.15) is 0 Å². The number of carbonyl (C=O) groups is 2. The van der Waals surface area contributed by atoms with Crippen molar-refractivity contribution in [2.24, 2.45) is 5.92 Å². The average molecular weight is 427 g/mol. The van der Waals surface area contributed by atoms with E-state index in [2.05, 4.69) is 17.9 Å². The Labute approximate surface area is 175 Å². The Bertz CT molecular complexity index is 348. The van der Waals surface area contributed by atoms with Crippen molar-refractivity contribution in [2.45, 2.75) is 53.8 Å². The number of esters is 1. The summed E-state index contributed by atoms with van der Waals surface area (Å²) >= 11 is 0. The van der Waals surface area contributed by atoms with Crippen LogP contribution in [0.4, 0.5) is 0 Å². The van der Waals surface area contributed by atoms with Crippen molar-refractivity contribution >= 4 is 11.9 Å². The van der Waals surface area contributed by atoms with Crippen LogP contribution in [0.5, 0.6) is 0 Å². The molecule has 0 aromatic carbocycles. The van der Waals surface area contributed by atoms with E-state index in [0.29, 0.717) is 0 Å². The largest absolute Gasteiger partial charge is 0.479 e. The highest BCUT2D eigenvalue weighted by Gasteiger charge is 2.31. The Hall–Kier alpha value is -1.78. The molecule has 176 valence electrons. The number of rotatable bonds is 8. The van der Waals surface area contributed by atoms with E-state index in [1.54, 1.807) is 26.0 Å². The molecule has 5 N–H and O–H groups in total. The first-order valence-corrected chi connectivity index (χ1v) is 9.21. The molecule has 0 aromatic heterocycles. The van der Waals surface area contributed by atoms with Crippen LogP contribution in [0.1, 0.15) is 41.5 Å². The maximum absolute atomic E-state index is 10.9. The molecular weight excluding hydrogens is 384 g/mol. The van der Waals surface area contributed by atoms with E-state index in [0.717, 1.165) is 13.2 Å².